The average Bonchev–Trinajstić information content (AvgIpc) is 2.86. The van der Waals surface area contributed by atoms with E-state index in [1.165, 1.54) is 64.3 Å². The van der Waals surface area contributed by atoms with Crippen LogP contribution in [0.1, 0.15) is 71.6 Å². The standard InChI is InChI=1S/C17H33NS/c1-14(2)11-15-7-6-8-16(12-15)18-13-17(19-3)9-4-5-10-17/h14-16,18H,4-13H2,1-3H3. The third-order valence-corrected chi connectivity index (χ3v) is 6.67. The third-order valence-electron chi connectivity index (χ3n) is 5.25. The highest BCUT2D eigenvalue weighted by Crippen LogP contribution is 2.40. The van der Waals surface area contributed by atoms with E-state index in [0.717, 1.165) is 17.9 Å². The van der Waals surface area contributed by atoms with Gasteiger partial charge in [-0.05, 0) is 50.2 Å². The lowest BCUT2D eigenvalue weighted by Gasteiger charge is -2.34. The molecule has 2 unspecified atom stereocenters. The summed E-state index contributed by atoms with van der Waals surface area (Å²) in [5, 5.41) is 3.94. The fourth-order valence-electron chi connectivity index (χ4n) is 4.16. The smallest absolute Gasteiger partial charge is 0.0281 e. The van der Waals surface area contributed by atoms with Gasteiger partial charge in [0.05, 0.1) is 0 Å². The van der Waals surface area contributed by atoms with Gasteiger partial charge >= 0.3 is 0 Å². The Balaban J connectivity index is 1.75. The van der Waals surface area contributed by atoms with Crippen LogP contribution < -0.4 is 5.32 Å². The van der Waals surface area contributed by atoms with E-state index < -0.39 is 0 Å². The van der Waals surface area contributed by atoms with Crippen LogP contribution in [0, 0.1) is 11.8 Å². The van der Waals surface area contributed by atoms with Crippen molar-refractivity contribution in [3.8, 4) is 0 Å². The average molecular weight is 284 g/mol. The predicted molar refractivity (Wildman–Crippen MR) is 87.9 cm³/mol. The van der Waals surface area contributed by atoms with E-state index in [4.69, 9.17) is 0 Å². The first kappa shape index (κ1) is 15.7. The lowest BCUT2D eigenvalue weighted by molar-refractivity contribution is 0.249. The maximum atomic E-state index is 3.94. The Morgan fingerprint density at radius 1 is 1.16 bits per heavy atom. The molecule has 0 amide bonds. The predicted octanol–water partition coefficient (Wildman–Crippen LogP) is 4.86. The summed E-state index contributed by atoms with van der Waals surface area (Å²) in [4.78, 5) is 0. The highest BCUT2D eigenvalue weighted by molar-refractivity contribution is 8.00. The molecule has 0 aromatic carbocycles. The lowest BCUT2D eigenvalue weighted by atomic mass is 9.81. The molecule has 1 nitrogen and oxygen atoms in total. The Labute approximate surface area is 124 Å². The largest absolute Gasteiger partial charge is 0.313 e. The number of rotatable bonds is 6. The molecule has 0 spiro atoms. The number of hydrogen-bond acceptors (Lipinski definition) is 2. The van der Waals surface area contributed by atoms with Crippen molar-refractivity contribution < 1.29 is 0 Å². The van der Waals surface area contributed by atoms with Gasteiger partial charge in [0.1, 0.15) is 0 Å². The van der Waals surface area contributed by atoms with E-state index >= 15 is 0 Å². The van der Waals surface area contributed by atoms with E-state index in [2.05, 4.69) is 37.2 Å². The van der Waals surface area contributed by atoms with Crippen LogP contribution in [0.4, 0.5) is 0 Å². The van der Waals surface area contributed by atoms with Crippen molar-refractivity contribution in [3.63, 3.8) is 0 Å². The molecule has 0 radical (unpaired) electrons. The molecule has 112 valence electrons. The van der Waals surface area contributed by atoms with Crippen molar-refractivity contribution in [2.75, 3.05) is 12.8 Å². The highest BCUT2D eigenvalue weighted by Gasteiger charge is 2.33. The van der Waals surface area contributed by atoms with Gasteiger partial charge < -0.3 is 5.32 Å². The molecule has 2 aliphatic carbocycles. The molecule has 0 aromatic heterocycles. The molecule has 0 aromatic rings. The van der Waals surface area contributed by atoms with Crippen molar-refractivity contribution in [2.45, 2.75) is 82.4 Å². The minimum absolute atomic E-state index is 0.574. The summed E-state index contributed by atoms with van der Waals surface area (Å²) in [7, 11) is 0. The van der Waals surface area contributed by atoms with Crippen molar-refractivity contribution in [1.82, 2.24) is 5.32 Å². The van der Waals surface area contributed by atoms with Crippen molar-refractivity contribution in [2.24, 2.45) is 11.8 Å². The maximum absolute atomic E-state index is 3.94. The second-order valence-corrected chi connectivity index (χ2v) is 8.61. The first-order chi connectivity index (χ1) is 9.13. The van der Waals surface area contributed by atoms with E-state index in [0.29, 0.717) is 4.75 Å². The molecule has 2 aliphatic rings. The molecule has 2 heteroatoms. The van der Waals surface area contributed by atoms with Crippen molar-refractivity contribution >= 4 is 11.8 Å². The summed E-state index contributed by atoms with van der Waals surface area (Å²) in [6, 6.07) is 0.808. The van der Waals surface area contributed by atoms with Crippen LogP contribution in [0.3, 0.4) is 0 Å². The van der Waals surface area contributed by atoms with Crippen LogP contribution in [-0.4, -0.2) is 23.6 Å². The lowest BCUT2D eigenvalue weighted by Crippen LogP contribution is -2.42. The van der Waals surface area contributed by atoms with Gasteiger partial charge in [-0.15, -0.1) is 0 Å². The summed E-state index contributed by atoms with van der Waals surface area (Å²) in [6.07, 6.45) is 15.3. The molecule has 0 aliphatic heterocycles. The molecule has 2 fully saturated rings. The molecule has 0 bridgehead atoms. The van der Waals surface area contributed by atoms with Gasteiger partial charge in [-0.2, -0.15) is 11.8 Å². The van der Waals surface area contributed by atoms with Gasteiger partial charge in [-0.1, -0.05) is 39.5 Å². The van der Waals surface area contributed by atoms with Gasteiger partial charge in [0.2, 0.25) is 0 Å². The number of thioether (sulfide) groups is 1. The zero-order valence-electron chi connectivity index (χ0n) is 13.2. The minimum atomic E-state index is 0.574. The van der Waals surface area contributed by atoms with Crippen LogP contribution in [0.5, 0.6) is 0 Å². The number of nitrogens with one attached hydrogen (secondary N) is 1. The highest BCUT2D eigenvalue weighted by atomic mass is 32.2. The van der Waals surface area contributed by atoms with Gasteiger partial charge in [0.15, 0.2) is 0 Å². The summed E-state index contributed by atoms with van der Waals surface area (Å²) < 4.78 is 0.574. The molecule has 2 rings (SSSR count). The Morgan fingerprint density at radius 3 is 2.53 bits per heavy atom. The Hall–Kier alpha value is 0.310. The summed E-state index contributed by atoms with van der Waals surface area (Å²) in [6.45, 7) is 6.00. The molecule has 2 atom stereocenters. The molecular weight excluding hydrogens is 250 g/mol. The van der Waals surface area contributed by atoms with E-state index in [-0.39, 0.29) is 0 Å². The second-order valence-electron chi connectivity index (χ2n) is 7.33. The molecular formula is C17H33NS. The van der Waals surface area contributed by atoms with Crippen LogP contribution in [0.25, 0.3) is 0 Å². The SMILES string of the molecule is CSC1(CNC2CCCC(CC(C)C)C2)CCCC1. The van der Waals surface area contributed by atoms with Crippen molar-refractivity contribution in [1.29, 1.82) is 0 Å². The third kappa shape index (κ3) is 4.67. The quantitative estimate of drug-likeness (QED) is 0.747. The van der Waals surface area contributed by atoms with Gasteiger partial charge in [0, 0.05) is 17.3 Å². The van der Waals surface area contributed by atoms with Gasteiger partial charge in [-0.25, -0.2) is 0 Å². The monoisotopic (exact) mass is 283 g/mol. The fourth-order valence-corrected chi connectivity index (χ4v) is 5.08. The molecule has 2 saturated carbocycles. The topological polar surface area (TPSA) is 12.0 Å². The van der Waals surface area contributed by atoms with Crippen molar-refractivity contribution in [3.05, 3.63) is 0 Å². The van der Waals surface area contributed by atoms with Crippen LogP contribution in [0.2, 0.25) is 0 Å². The minimum Gasteiger partial charge on any atom is -0.313 e. The van der Waals surface area contributed by atoms with E-state index in [1.54, 1.807) is 0 Å². The fraction of sp³-hybridized carbons (Fsp3) is 1.00. The van der Waals surface area contributed by atoms with E-state index in [1.807, 2.05) is 0 Å². The van der Waals surface area contributed by atoms with Gasteiger partial charge in [0.25, 0.3) is 0 Å². The normalized spacial score (nSPS) is 30.9. The maximum Gasteiger partial charge on any atom is 0.0281 e. The second kappa shape index (κ2) is 7.36. The summed E-state index contributed by atoms with van der Waals surface area (Å²) >= 11 is 2.12. The first-order valence-electron chi connectivity index (χ1n) is 8.42. The van der Waals surface area contributed by atoms with Crippen LogP contribution >= 0.6 is 11.8 Å². The van der Waals surface area contributed by atoms with Crippen LogP contribution in [0.15, 0.2) is 0 Å². The summed E-state index contributed by atoms with van der Waals surface area (Å²) in [5.74, 6) is 1.86. The molecule has 19 heavy (non-hydrogen) atoms. The first-order valence-corrected chi connectivity index (χ1v) is 9.64. The molecule has 0 saturated heterocycles. The van der Waals surface area contributed by atoms with Gasteiger partial charge in [-0.3, -0.25) is 0 Å². The number of hydrogen-bond donors (Lipinski definition) is 1. The summed E-state index contributed by atoms with van der Waals surface area (Å²) in [5.41, 5.74) is 0. The Bertz CT molecular complexity index is 258. The van der Waals surface area contributed by atoms with E-state index in [9.17, 15) is 0 Å². The van der Waals surface area contributed by atoms with Crippen LogP contribution in [-0.2, 0) is 0 Å². The Morgan fingerprint density at radius 2 is 1.89 bits per heavy atom. The molecule has 1 N–H and O–H groups in total. The zero-order chi connectivity index (χ0) is 13.7. The zero-order valence-corrected chi connectivity index (χ0v) is 14.0. The Kier molecular flexibility index (Phi) is 6.08. The molecule has 0 heterocycles.